The number of benzene rings is 2. The fourth-order valence-electron chi connectivity index (χ4n) is 2.71. The molecule has 96 valence electrons. The molecule has 1 nitrogen and oxygen atoms in total. The summed E-state index contributed by atoms with van der Waals surface area (Å²) in [6.07, 6.45) is 10.9. The molecule has 1 aliphatic rings. The topological polar surface area (TPSA) is 12.0 Å². The van der Waals surface area contributed by atoms with Crippen LogP contribution < -0.4 is 5.32 Å². The number of hydrogen-bond donors (Lipinski definition) is 1. The minimum atomic E-state index is 0.0544. The van der Waals surface area contributed by atoms with Gasteiger partial charge in [-0.2, -0.15) is 0 Å². The van der Waals surface area contributed by atoms with E-state index in [-0.39, 0.29) is 5.54 Å². The number of allylic oxidation sites excluding steroid dienone is 2. The van der Waals surface area contributed by atoms with Gasteiger partial charge in [0.1, 0.15) is 0 Å². The van der Waals surface area contributed by atoms with Crippen molar-refractivity contribution in [2.45, 2.75) is 25.3 Å². The predicted octanol–water partition coefficient (Wildman–Crippen LogP) is 4.92. The minimum absolute atomic E-state index is 0.0544. The van der Waals surface area contributed by atoms with Crippen LogP contribution in [0.25, 0.3) is 10.8 Å². The first-order valence-electron chi connectivity index (χ1n) is 6.93. The molecule has 0 saturated heterocycles. The van der Waals surface area contributed by atoms with Crippen LogP contribution in [-0.2, 0) is 0 Å². The van der Waals surface area contributed by atoms with Gasteiger partial charge in [-0.1, -0.05) is 67.6 Å². The van der Waals surface area contributed by atoms with Crippen molar-refractivity contribution in [1.82, 2.24) is 0 Å². The van der Waals surface area contributed by atoms with E-state index in [4.69, 9.17) is 0 Å². The summed E-state index contributed by atoms with van der Waals surface area (Å²) in [5, 5.41) is 6.33. The molecule has 19 heavy (non-hydrogen) atoms. The van der Waals surface area contributed by atoms with Crippen molar-refractivity contribution in [2.75, 3.05) is 5.32 Å². The van der Waals surface area contributed by atoms with E-state index in [1.165, 1.54) is 16.5 Å². The van der Waals surface area contributed by atoms with Crippen LogP contribution in [0.5, 0.6) is 0 Å². The molecule has 0 bridgehead atoms. The van der Waals surface area contributed by atoms with Crippen molar-refractivity contribution >= 4 is 16.5 Å². The van der Waals surface area contributed by atoms with E-state index in [9.17, 15) is 0 Å². The molecule has 0 aromatic heterocycles. The number of anilines is 1. The molecule has 3 rings (SSSR count). The molecule has 0 radical (unpaired) electrons. The molecule has 1 N–H and O–H groups in total. The highest BCUT2D eigenvalue weighted by Crippen LogP contribution is 2.31. The minimum Gasteiger partial charge on any atom is -0.375 e. The Bertz CT molecular complexity index is 634. The summed E-state index contributed by atoms with van der Waals surface area (Å²) in [4.78, 5) is 0. The quantitative estimate of drug-likeness (QED) is 0.814. The smallest absolute Gasteiger partial charge is 0.0591 e. The highest BCUT2D eigenvalue weighted by atomic mass is 15.0. The van der Waals surface area contributed by atoms with E-state index in [0.29, 0.717) is 0 Å². The summed E-state index contributed by atoms with van der Waals surface area (Å²) in [5.41, 5.74) is 1.28. The van der Waals surface area contributed by atoms with Crippen molar-refractivity contribution in [3.63, 3.8) is 0 Å². The highest BCUT2D eigenvalue weighted by molar-refractivity contribution is 5.94. The van der Waals surface area contributed by atoms with E-state index >= 15 is 0 Å². The van der Waals surface area contributed by atoms with Crippen LogP contribution in [0, 0.1) is 0 Å². The van der Waals surface area contributed by atoms with Crippen molar-refractivity contribution in [1.29, 1.82) is 0 Å². The maximum atomic E-state index is 3.75. The summed E-state index contributed by atoms with van der Waals surface area (Å²) in [7, 11) is 0. The van der Waals surface area contributed by atoms with E-state index in [0.717, 1.165) is 12.8 Å². The fraction of sp³-hybridized carbons (Fsp3) is 0.222. The second kappa shape index (κ2) is 4.93. The van der Waals surface area contributed by atoms with Gasteiger partial charge in [0.25, 0.3) is 0 Å². The molecule has 1 heteroatoms. The Morgan fingerprint density at radius 2 is 1.89 bits per heavy atom. The zero-order valence-electron chi connectivity index (χ0n) is 11.3. The van der Waals surface area contributed by atoms with Crippen LogP contribution in [0.2, 0.25) is 0 Å². The maximum absolute atomic E-state index is 3.75. The molecule has 0 spiro atoms. The summed E-state index contributed by atoms with van der Waals surface area (Å²) in [5.74, 6) is 0. The second-order valence-corrected chi connectivity index (χ2v) is 5.15. The number of hydrogen-bond acceptors (Lipinski definition) is 1. The Morgan fingerprint density at radius 1 is 1.05 bits per heavy atom. The average molecular weight is 249 g/mol. The van der Waals surface area contributed by atoms with E-state index in [1.54, 1.807) is 0 Å². The molecular weight excluding hydrogens is 230 g/mol. The van der Waals surface area contributed by atoms with Gasteiger partial charge in [-0.25, -0.2) is 0 Å². The maximum Gasteiger partial charge on any atom is 0.0591 e. The monoisotopic (exact) mass is 249 g/mol. The van der Waals surface area contributed by atoms with Crippen LogP contribution in [0.4, 0.5) is 5.69 Å². The van der Waals surface area contributed by atoms with Gasteiger partial charge in [-0.15, -0.1) is 0 Å². The normalized spacial score (nSPS) is 21.7. The van der Waals surface area contributed by atoms with Crippen LogP contribution >= 0.6 is 0 Å². The summed E-state index contributed by atoms with van der Waals surface area (Å²) >= 11 is 0. The van der Waals surface area contributed by atoms with Gasteiger partial charge in [0.05, 0.1) is 5.54 Å². The van der Waals surface area contributed by atoms with Crippen molar-refractivity contribution in [2.24, 2.45) is 0 Å². The Balaban J connectivity index is 2.01. The van der Waals surface area contributed by atoms with Gasteiger partial charge in [-0.3, -0.25) is 0 Å². The van der Waals surface area contributed by atoms with E-state index < -0.39 is 0 Å². The zero-order valence-corrected chi connectivity index (χ0v) is 11.3. The Kier molecular flexibility index (Phi) is 3.12. The average Bonchev–Trinajstić information content (AvgIpc) is 2.49. The second-order valence-electron chi connectivity index (χ2n) is 5.15. The lowest BCUT2D eigenvalue weighted by molar-refractivity contribution is 0.558. The van der Waals surface area contributed by atoms with Crippen LogP contribution in [-0.4, -0.2) is 5.54 Å². The molecule has 0 saturated carbocycles. The number of nitrogens with one attached hydrogen (secondary N) is 1. The largest absolute Gasteiger partial charge is 0.375 e. The lowest BCUT2D eigenvalue weighted by Crippen LogP contribution is -2.35. The predicted molar refractivity (Wildman–Crippen MR) is 83.5 cm³/mol. The highest BCUT2D eigenvalue weighted by Gasteiger charge is 2.24. The Morgan fingerprint density at radius 3 is 2.68 bits per heavy atom. The molecule has 0 fully saturated rings. The molecule has 2 aromatic rings. The van der Waals surface area contributed by atoms with Crippen LogP contribution in [0.15, 0.2) is 66.8 Å². The van der Waals surface area contributed by atoms with Gasteiger partial charge in [0.15, 0.2) is 0 Å². The number of fused-ring (bicyclic) bond motifs is 1. The Hall–Kier alpha value is -2.02. The van der Waals surface area contributed by atoms with Crippen molar-refractivity contribution in [3.8, 4) is 0 Å². The molecule has 1 unspecified atom stereocenters. The molecule has 0 heterocycles. The molecule has 1 aliphatic carbocycles. The first kappa shape index (κ1) is 12.0. The lowest BCUT2D eigenvalue weighted by Gasteiger charge is -2.33. The van der Waals surface area contributed by atoms with Gasteiger partial charge in [-0.05, 0) is 24.3 Å². The van der Waals surface area contributed by atoms with Gasteiger partial charge < -0.3 is 5.32 Å². The van der Waals surface area contributed by atoms with Gasteiger partial charge in [0, 0.05) is 11.1 Å². The molecule has 1 atom stereocenters. The van der Waals surface area contributed by atoms with Crippen LogP contribution in [0.3, 0.4) is 0 Å². The molecule has 0 aliphatic heterocycles. The van der Waals surface area contributed by atoms with Crippen LogP contribution in [0.1, 0.15) is 19.8 Å². The number of rotatable bonds is 3. The Labute approximate surface area is 114 Å². The standard InChI is InChI=1S/C18H19N/c1-2-18(13-6-3-7-14-18)19-17-12-8-10-15-9-4-5-11-16(15)17/h3-13,19H,2,14H2,1H3. The van der Waals surface area contributed by atoms with Gasteiger partial charge in [0.2, 0.25) is 0 Å². The SMILES string of the molecule is CCC1(Nc2cccc3ccccc23)C=CC=CC1. The van der Waals surface area contributed by atoms with Gasteiger partial charge >= 0.3 is 0 Å². The third kappa shape index (κ3) is 2.28. The van der Waals surface area contributed by atoms with Crippen molar-refractivity contribution in [3.05, 3.63) is 66.8 Å². The van der Waals surface area contributed by atoms with E-state index in [1.807, 2.05) is 0 Å². The molecular formula is C18H19N. The first-order chi connectivity index (χ1) is 9.33. The third-order valence-electron chi connectivity index (χ3n) is 3.95. The molecule has 2 aromatic carbocycles. The molecule has 0 amide bonds. The first-order valence-corrected chi connectivity index (χ1v) is 6.93. The summed E-state index contributed by atoms with van der Waals surface area (Å²) in [6.45, 7) is 2.24. The van der Waals surface area contributed by atoms with E-state index in [2.05, 4.69) is 79.0 Å². The zero-order chi connectivity index (χ0) is 13.1. The summed E-state index contributed by atoms with van der Waals surface area (Å²) in [6, 6.07) is 15.0. The summed E-state index contributed by atoms with van der Waals surface area (Å²) < 4.78 is 0. The lowest BCUT2D eigenvalue weighted by atomic mass is 9.88. The fourth-order valence-corrected chi connectivity index (χ4v) is 2.71. The van der Waals surface area contributed by atoms with Crippen molar-refractivity contribution < 1.29 is 0 Å². The third-order valence-corrected chi connectivity index (χ3v) is 3.95.